The number of fused-ring (bicyclic) bond motifs is 1. The Hall–Kier alpha value is -3.49. The van der Waals surface area contributed by atoms with Crippen LogP contribution in [0.4, 0.5) is 5.13 Å². The Morgan fingerprint density at radius 3 is 2.48 bits per heavy atom. The number of anilines is 1. The number of esters is 1. The van der Waals surface area contributed by atoms with Crippen molar-refractivity contribution in [3.8, 4) is 11.1 Å². The maximum absolute atomic E-state index is 13.4. The first kappa shape index (κ1) is 22.7. The Bertz CT molecular complexity index is 1380. The highest BCUT2D eigenvalue weighted by molar-refractivity contribution is 7.13. The van der Waals surface area contributed by atoms with Crippen molar-refractivity contribution >= 4 is 50.7 Å². The standard InChI is InChI=1S/C24H20ClN3O4S/c1-3-18(21(29)27-24-26-12-13-33-24)32-23(31)20-19(14-8-10-15(25)11-9-14)16-6-4-5-7-17(16)22(30)28(20)2/h4-13,18H,3H2,1-2H3,(H,26,27,29). The minimum absolute atomic E-state index is 0.0570. The highest BCUT2D eigenvalue weighted by Gasteiger charge is 2.28. The molecule has 0 saturated heterocycles. The number of hydrogen-bond acceptors (Lipinski definition) is 6. The number of carbonyl (C=O) groups is 2. The number of hydrogen-bond donors (Lipinski definition) is 1. The molecule has 4 aromatic rings. The molecule has 0 spiro atoms. The second-order valence-corrected chi connectivity index (χ2v) is 8.60. The highest BCUT2D eigenvalue weighted by atomic mass is 35.5. The van der Waals surface area contributed by atoms with Gasteiger partial charge in [-0.2, -0.15) is 0 Å². The van der Waals surface area contributed by atoms with E-state index in [1.807, 2.05) is 0 Å². The van der Waals surface area contributed by atoms with Gasteiger partial charge in [0.05, 0.1) is 0 Å². The summed E-state index contributed by atoms with van der Waals surface area (Å²) in [6.45, 7) is 1.74. The van der Waals surface area contributed by atoms with E-state index < -0.39 is 18.0 Å². The van der Waals surface area contributed by atoms with Gasteiger partial charge in [-0.25, -0.2) is 9.78 Å². The summed E-state index contributed by atoms with van der Waals surface area (Å²) in [6, 6.07) is 14.0. The summed E-state index contributed by atoms with van der Waals surface area (Å²) in [5.74, 6) is -1.26. The molecular formula is C24H20ClN3O4S. The highest BCUT2D eigenvalue weighted by Crippen LogP contribution is 2.32. The number of aromatic nitrogens is 2. The Kier molecular flexibility index (Phi) is 6.57. The minimum atomic E-state index is -1.05. The first-order valence-corrected chi connectivity index (χ1v) is 11.5. The largest absolute Gasteiger partial charge is 0.448 e. The molecule has 0 aliphatic rings. The molecule has 0 bridgehead atoms. The van der Waals surface area contributed by atoms with Gasteiger partial charge in [-0.05, 0) is 35.6 Å². The molecule has 33 heavy (non-hydrogen) atoms. The number of pyridine rings is 1. The molecule has 2 heterocycles. The van der Waals surface area contributed by atoms with E-state index in [0.29, 0.717) is 32.1 Å². The SMILES string of the molecule is CCC(OC(=O)c1c(-c2ccc(Cl)cc2)c2ccccc2c(=O)n1C)C(=O)Nc1nccs1. The van der Waals surface area contributed by atoms with E-state index in [1.54, 1.807) is 67.0 Å². The summed E-state index contributed by atoms with van der Waals surface area (Å²) in [5.41, 5.74) is 0.944. The van der Waals surface area contributed by atoms with Crippen LogP contribution in [-0.2, 0) is 16.6 Å². The van der Waals surface area contributed by atoms with Gasteiger partial charge < -0.3 is 9.30 Å². The van der Waals surface area contributed by atoms with E-state index in [0.717, 1.165) is 0 Å². The van der Waals surface area contributed by atoms with Crippen LogP contribution < -0.4 is 10.9 Å². The van der Waals surface area contributed by atoms with Gasteiger partial charge in [0.25, 0.3) is 11.5 Å². The lowest BCUT2D eigenvalue weighted by Gasteiger charge is -2.20. The molecule has 0 fully saturated rings. The molecule has 0 aliphatic carbocycles. The normalized spacial score (nSPS) is 11.8. The maximum Gasteiger partial charge on any atom is 0.356 e. The predicted molar refractivity (Wildman–Crippen MR) is 130 cm³/mol. The summed E-state index contributed by atoms with van der Waals surface area (Å²) < 4.78 is 6.87. The number of ether oxygens (including phenoxy) is 1. The first-order chi connectivity index (χ1) is 15.9. The van der Waals surface area contributed by atoms with Crippen LogP contribution in [0.2, 0.25) is 5.02 Å². The van der Waals surface area contributed by atoms with Crippen molar-refractivity contribution in [1.82, 2.24) is 9.55 Å². The number of nitrogens with zero attached hydrogens (tertiary/aromatic N) is 2. The number of benzene rings is 2. The zero-order valence-electron chi connectivity index (χ0n) is 17.9. The fourth-order valence-electron chi connectivity index (χ4n) is 3.59. The molecule has 9 heteroatoms. The second-order valence-electron chi connectivity index (χ2n) is 7.27. The summed E-state index contributed by atoms with van der Waals surface area (Å²) in [5, 5.41) is 6.40. The molecule has 1 amide bonds. The van der Waals surface area contributed by atoms with Crippen LogP contribution in [0.1, 0.15) is 23.8 Å². The van der Waals surface area contributed by atoms with Crippen LogP contribution in [0.3, 0.4) is 0 Å². The fraction of sp³-hybridized carbons (Fsp3) is 0.167. The van der Waals surface area contributed by atoms with Gasteiger partial charge in [-0.1, -0.05) is 48.9 Å². The predicted octanol–water partition coefficient (Wildman–Crippen LogP) is 4.89. The average Bonchev–Trinajstić information content (AvgIpc) is 3.33. The smallest absolute Gasteiger partial charge is 0.356 e. The molecule has 0 aliphatic heterocycles. The Morgan fingerprint density at radius 2 is 1.85 bits per heavy atom. The summed E-state index contributed by atoms with van der Waals surface area (Å²) in [7, 11) is 1.52. The minimum Gasteiger partial charge on any atom is -0.448 e. The van der Waals surface area contributed by atoms with Crippen LogP contribution in [0.15, 0.2) is 64.9 Å². The molecule has 2 aromatic heterocycles. The number of rotatable bonds is 6. The van der Waals surface area contributed by atoms with Crippen molar-refractivity contribution in [2.45, 2.75) is 19.4 Å². The molecule has 7 nitrogen and oxygen atoms in total. The third-order valence-corrected chi connectivity index (χ3v) is 6.15. The molecular weight excluding hydrogens is 462 g/mol. The molecule has 2 aromatic carbocycles. The monoisotopic (exact) mass is 481 g/mol. The van der Waals surface area contributed by atoms with Crippen molar-refractivity contribution in [2.75, 3.05) is 5.32 Å². The van der Waals surface area contributed by atoms with E-state index >= 15 is 0 Å². The van der Waals surface area contributed by atoms with Crippen molar-refractivity contribution in [3.63, 3.8) is 0 Å². The lowest BCUT2D eigenvalue weighted by atomic mass is 9.96. The van der Waals surface area contributed by atoms with Gasteiger partial charge >= 0.3 is 5.97 Å². The van der Waals surface area contributed by atoms with E-state index in [9.17, 15) is 14.4 Å². The van der Waals surface area contributed by atoms with Gasteiger partial charge in [-0.15, -0.1) is 11.3 Å². The molecule has 0 saturated carbocycles. The van der Waals surface area contributed by atoms with Crippen molar-refractivity contribution in [2.24, 2.45) is 7.05 Å². The summed E-state index contributed by atoms with van der Waals surface area (Å²) in [4.78, 5) is 43.1. The van der Waals surface area contributed by atoms with Crippen LogP contribution in [-0.4, -0.2) is 27.5 Å². The van der Waals surface area contributed by atoms with E-state index in [4.69, 9.17) is 16.3 Å². The summed E-state index contributed by atoms with van der Waals surface area (Å²) in [6.07, 6.45) is 0.762. The Labute approximate surface area is 198 Å². The first-order valence-electron chi connectivity index (χ1n) is 10.2. The summed E-state index contributed by atoms with van der Waals surface area (Å²) >= 11 is 7.32. The molecule has 1 unspecified atom stereocenters. The van der Waals surface area contributed by atoms with Crippen LogP contribution in [0.25, 0.3) is 21.9 Å². The lowest BCUT2D eigenvalue weighted by Crippen LogP contribution is -2.34. The number of carbonyl (C=O) groups excluding carboxylic acids is 2. The van der Waals surface area contributed by atoms with Gasteiger partial charge in [0, 0.05) is 34.6 Å². The second kappa shape index (κ2) is 9.56. The molecule has 1 N–H and O–H groups in total. The average molecular weight is 482 g/mol. The number of nitrogens with one attached hydrogen (secondary N) is 1. The third kappa shape index (κ3) is 4.53. The number of thiazole rings is 1. The molecule has 4 rings (SSSR count). The molecule has 168 valence electrons. The van der Waals surface area contributed by atoms with Crippen LogP contribution in [0, 0.1) is 0 Å². The van der Waals surface area contributed by atoms with Crippen molar-refractivity contribution in [3.05, 3.63) is 81.2 Å². The van der Waals surface area contributed by atoms with Gasteiger partial charge in [-0.3, -0.25) is 14.9 Å². The van der Waals surface area contributed by atoms with E-state index in [1.165, 1.54) is 23.0 Å². The van der Waals surface area contributed by atoms with E-state index in [-0.39, 0.29) is 17.7 Å². The van der Waals surface area contributed by atoms with E-state index in [2.05, 4.69) is 10.3 Å². The van der Waals surface area contributed by atoms with Crippen molar-refractivity contribution < 1.29 is 14.3 Å². The maximum atomic E-state index is 13.4. The number of halogens is 1. The third-order valence-electron chi connectivity index (χ3n) is 5.20. The topological polar surface area (TPSA) is 90.3 Å². The zero-order chi connectivity index (χ0) is 23.5. The van der Waals surface area contributed by atoms with Crippen molar-refractivity contribution in [1.29, 1.82) is 0 Å². The van der Waals surface area contributed by atoms with Gasteiger partial charge in [0.15, 0.2) is 11.2 Å². The number of amides is 1. The Balaban J connectivity index is 1.80. The Morgan fingerprint density at radius 1 is 1.15 bits per heavy atom. The zero-order valence-corrected chi connectivity index (χ0v) is 19.4. The van der Waals surface area contributed by atoms with Gasteiger partial charge in [0.1, 0.15) is 5.69 Å². The molecule has 1 atom stereocenters. The van der Waals surface area contributed by atoms with Gasteiger partial charge in [0.2, 0.25) is 0 Å². The quantitative estimate of drug-likeness (QED) is 0.396. The van der Waals surface area contributed by atoms with Crippen LogP contribution in [0.5, 0.6) is 0 Å². The fourth-order valence-corrected chi connectivity index (χ4v) is 4.25. The molecule has 0 radical (unpaired) electrons. The van der Waals surface area contributed by atoms with Crippen LogP contribution >= 0.6 is 22.9 Å². The lowest BCUT2D eigenvalue weighted by molar-refractivity contribution is -0.124.